The van der Waals surface area contributed by atoms with Gasteiger partial charge in [0.2, 0.25) is 11.7 Å². The first-order valence-electron chi connectivity index (χ1n) is 11.2. The smallest absolute Gasteiger partial charge is 0.409 e. The van der Waals surface area contributed by atoms with Crippen molar-refractivity contribution in [3.8, 4) is 11.8 Å². The molecule has 33 heavy (non-hydrogen) atoms. The molecule has 1 unspecified atom stereocenters. The molecule has 0 saturated carbocycles. The summed E-state index contributed by atoms with van der Waals surface area (Å²) in [6, 6.07) is 0. The second-order valence-corrected chi connectivity index (χ2v) is 8.21. The number of aromatic nitrogens is 4. The number of hydrogen-bond donors (Lipinski definition) is 2. The van der Waals surface area contributed by atoms with Crippen LogP contribution in [0.3, 0.4) is 0 Å². The third-order valence-electron chi connectivity index (χ3n) is 6.04. The summed E-state index contributed by atoms with van der Waals surface area (Å²) in [6.45, 7) is 3.79. The third kappa shape index (κ3) is 5.01. The van der Waals surface area contributed by atoms with Gasteiger partial charge in [0.05, 0.1) is 13.4 Å². The number of nitrogens with one attached hydrogen (secondary N) is 1. The maximum absolute atomic E-state index is 12.1. The Balaban J connectivity index is 1.43. The predicted molar refractivity (Wildman–Crippen MR) is 120 cm³/mol. The molecule has 2 aliphatic rings. The number of carbonyl (C=O) groups excluding carboxylic acids is 2. The summed E-state index contributed by atoms with van der Waals surface area (Å²) in [4.78, 5) is 38.6. The highest BCUT2D eigenvalue weighted by Gasteiger charge is 2.32. The number of hydrogen-bond acceptors (Lipinski definition) is 8. The molecule has 176 valence electrons. The predicted octanol–water partition coefficient (Wildman–Crippen LogP) is 1.44. The molecule has 2 atom stereocenters. The van der Waals surface area contributed by atoms with Crippen LogP contribution >= 0.6 is 0 Å². The van der Waals surface area contributed by atoms with Gasteiger partial charge in [0.15, 0.2) is 11.5 Å². The van der Waals surface area contributed by atoms with Crippen LogP contribution in [0.4, 0.5) is 10.6 Å². The molecule has 0 radical (unpaired) electrons. The number of rotatable bonds is 4. The molecule has 3 N–H and O–H groups in total. The molecule has 2 aromatic heterocycles. The van der Waals surface area contributed by atoms with Crippen LogP contribution in [0, 0.1) is 17.8 Å². The largest absolute Gasteiger partial charge is 0.453 e. The van der Waals surface area contributed by atoms with Crippen molar-refractivity contribution in [3.63, 3.8) is 0 Å². The number of methoxy groups -OCH3 is 1. The van der Waals surface area contributed by atoms with Crippen molar-refractivity contribution in [2.75, 3.05) is 32.5 Å². The number of carbonyl (C=O) groups is 2. The Morgan fingerprint density at radius 3 is 2.79 bits per heavy atom. The van der Waals surface area contributed by atoms with E-state index in [2.05, 4.69) is 32.1 Å². The van der Waals surface area contributed by atoms with E-state index < -0.39 is 6.10 Å². The van der Waals surface area contributed by atoms with Crippen LogP contribution in [0.1, 0.15) is 51.1 Å². The van der Waals surface area contributed by atoms with E-state index in [1.54, 1.807) is 15.8 Å². The summed E-state index contributed by atoms with van der Waals surface area (Å²) in [6.07, 6.45) is 4.24. The molecule has 0 spiro atoms. The van der Waals surface area contributed by atoms with Gasteiger partial charge in [0.1, 0.15) is 17.8 Å². The maximum Gasteiger partial charge on any atom is 0.409 e. The second-order valence-electron chi connectivity index (χ2n) is 8.21. The molecule has 11 heteroatoms. The van der Waals surface area contributed by atoms with Crippen LogP contribution in [-0.2, 0) is 14.3 Å². The molecule has 2 saturated heterocycles. The van der Waals surface area contributed by atoms with Crippen LogP contribution in [0.15, 0.2) is 6.33 Å². The highest BCUT2D eigenvalue weighted by Crippen LogP contribution is 2.31. The molecular formula is C22H29N7O4. The average molecular weight is 456 g/mol. The molecule has 4 heterocycles. The van der Waals surface area contributed by atoms with Crippen LogP contribution in [-0.4, -0.2) is 69.3 Å². The van der Waals surface area contributed by atoms with Crippen LogP contribution in [0.5, 0.6) is 0 Å². The number of fused-ring (bicyclic) bond motifs is 1. The minimum Gasteiger partial charge on any atom is -0.453 e. The summed E-state index contributed by atoms with van der Waals surface area (Å²) in [7, 11) is 1.40. The lowest BCUT2D eigenvalue weighted by molar-refractivity contribution is -0.133. The van der Waals surface area contributed by atoms with E-state index in [1.165, 1.54) is 7.11 Å². The monoisotopic (exact) mass is 455 g/mol. The number of likely N-dealkylation sites (tertiary alicyclic amines) is 1. The molecule has 2 aliphatic heterocycles. The first kappa shape index (κ1) is 22.8. The van der Waals surface area contributed by atoms with Crippen molar-refractivity contribution in [2.45, 2.75) is 51.4 Å². The van der Waals surface area contributed by atoms with Crippen molar-refractivity contribution in [3.05, 3.63) is 12.2 Å². The van der Waals surface area contributed by atoms with Crippen LogP contribution < -0.4 is 11.1 Å². The first-order chi connectivity index (χ1) is 16.0. The van der Waals surface area contributed by atoms with Gasteiger partial charge in [-0.15, -0.1) is 0 Å². The zero-order valence-electron chi connectivity index (χ0n) is 18.9. The van der Waals surface area contributed by atoms with Crippen molar-refractivity contribution in [1.29, 1.82) is 0 Å². The summed E-state index contributed by atoms with van der Waals surface area (Å²) in [5.41, 5.74) is 7.13. The quantitative estimate of drug-likeness (QED) is 0.661. The molecule has 2 fully saturated rings. The van der Waals surface area contributed by atoms with E-state index in [0.717, 1.165) is 12.8 Å². The number of likely N-dealkylation sites (N-methyl/N-ethyl adjacent to an activating group) is 1. The third-order valence-corrected chi connectivity index (χ3v) is 6.04. The van der Waals surface area contributed by atoms with Crippen molar-refractivity contribution >= 4 is 29.0 Å². The van der Waals surface area contributed by atoms with Crippen molar-refractivity contribution in [1.82, 2.24) is 29.7 Å². The van der Waals surface area contributed by atoms with Gasteiger partial charge in [-0.25, -0.2) is 19.7 Å². The average Bonchev–Trinajstić information content (AvgIpc) is 3.47. The first-order valence-corrected chi connectivity index (χ1v) is 11.2. The highest BCUT2D eigenvalue weighted by molar-refractivity contribution is 5.82. The lowest BCUT2D eigenvalue weighted by Gasteiger charge is -2.29. The van der Waals surface area contributed by atoms with Gasteiger partial charge in [-0.2, -0.15) is 0 Å². The number of imidazole rings is 1. The minimum absolute atomic E-state index is 0.109. The van der Waals surface area contributed by atoms with Gasteiger partial charge >= 0.3 is 6.09 Å². The normalized spacial score (nSPS) is 21.0. The Kier molecular flexibility index (Phi) is 6.93. The maximum atomic E-state index is 12.1. The van der Waals surface area contributed by atoms with Crippen molar-refractivity contribution in [2.24, 2.45) is 5.92 Å². The van der Waals surface area contributed by atoms with Crippen LogP contribution in [0.25, 0.3) is 11.2 Å². The van der Waals surface area contributed by atoms with Gasteiger partial charge < -0.3 is 25.4 Å². The van der Waals surface area contributed by atoms with Gasteiger partial charge in [-0.3, -0.25) is 9.36 Å². The van der Waals surface area contributed by atoms with E-state index in [-0.39, 0.29) is 24.0 Å². The molecular weight excluding hydrogens is 426 g/mol. The van der Waals surface area contributed by atoms with E-state index in [4.69, 9.17) is 15.2 Å². The lowest BCUT2D eigenvalue weighted by atomic mass is 9.94. The highest BCUT2D eigenvalue weighted by atomic mass is 16.5. The summed E-state index contributed by atoms with van der Waals surface area (Å²) in [5, 5.41) is 2.79. The topological polar surface area (TPSA) is 137 Å². The number of nitrogens with two attached hydrogens (primary N) is 1. The number of nitrogens with zero attached hydrogens (tertiary/aromatic N) is 5. The Morgan fingerprint density at radius 2 is 2.06 bits per heavy atom. The molecule has 4 rings (SSSR count). The van der Waals surface area contributed by atoms with Crippen molar-refractivity contribution < 1.29 is 19.1 Å². The summed E-state index contributed by atoms with van der Waals surface area (Å²) < 4.78 is 12.5. The molecule has 2 aromatic rings. The molecule has 0 aromatic carbocycles. The number of ether oxygens (including phenoxy) is 2. The second kappa shape index (κ2) is 10.0. The van der Waals surface area contributed by atoms with Gasteiger partial charge in [-0.1, -0.05) is 5.92 Å². The fourth-order valence-corrected chi connectivity index (χ4v) is 4.23. The standard InChI is InChI=1S/C22H29N7O4/c1-3-24-21(30)15-7-8-17(33-15)29-13-25-18-19(23)26-16(27-20(18)29)6-4-5-14-9-11-28(12-10-14)22(31)32-2/h13-15,17H,3,5,7-12H2,1-2H3,(H,24,30)(H2,23,26,27)/t15?,17-/m1/s1. The Morgan fingerprint density at radius 1 is 1.27 bits per heavy atom. The minimum atomic E-state index is -0.489. The zero-order chi connectivity index (χ0) is 23.4. The number of nitrogen functional groups attached to an aromatic ring is 1. The molecule has 0 bridgehead atoms. The number of amides is 2. The molecule has 2 amide bonds. The Bertz CT molecular complexity index is 1080. The van der Waals surface area contributed by atoms with Crippen LogP contribution in [0.2, 0.25) is 0 Å². The summed E-state index contributed by atoms with van der Waals surface area (Å²) in [5.74, 6) is 7.06. The Labute approximate surface area is 192 Å². The van der Waals surface area contributed by atoms with Gasteiger partial charge in [0, 0.05) is 26.1 Å². The van der Waals surface area contributed by atoms with E-state index in [1.807, 2.05) is 6.92 Å². The molecule has 11 nitrogen and oxygen atoms in total. The Hall–Kier alpha value is -3.39. The fraction of sp³-hybridized carbons (Fsp3) is 0.591. The fourth-order valence-electron chi connectivity index (χ4n) is 4.23. The lowest BCUT2D eigenvalue weighted by Crippen LogP contribution is -2.38. The number of anilines is 1. The summed E-state index contributed by atoms with van der Waals surface area (Å²) >= 11 is 0. The number of piperidine rings is 1. The van der Waals surface area contributed by atoms with E-state index >= 15 is 0 Å². The zero-order valence-corrected chi connectivity index (χ0v) is 18.9. The van der Waals surface area contributed by atoms with Gasteiger partial charge in [0.25, 0.3) is 0 Å². The van der Waals surface area contributed by atoms with E-state index in [0.29, 0.717) is 61.8 Å². The van der Waals surface area contributed by atoms with E-state index in [9.17, 15) is 9.59 Å². The van der Waals surface area contributed by atoms with Gasteiger partial charge in [-0.05, 0) is 44.4 Å². The molecule has 0 aliphatic carbocycles. The SMILES string of the molecule is CCNC(=O)C1CC[C@H](n2cnc3c(N)nc(C#CCC4CCN(C(=O)OC)CC4)nc32)O1.